The molecule has 1 aliphatic rings. The third kappa shape index (κ3) is 3.87. The number of hydrogen-bond donors (Lipinski definition) is 0. The third-order valence-corrected chi connectivity index (χ3v) is 4.70. The average molecular weight is 374 g/mol. The van der Waals surface area contributed by atoms with E-state index in [9.17, 15) is 22.8 Å². The molecule has 25 heavy (non-hydrogen) atoms. The number of urea groups is 1. The van der Waals surface area contributed by atoms with E-state index in [1.54, 1.807) is 50.0 Å². The van der Waals surface area contributed by atoms with Gasteiger partial charge in [0.1, 0.15) is 0 Å². The van der Waals surface area contributed by atoms with Gasteiger partial charge in [0, 0.05) is 6.92 Å². The third-order valence-electron chi connectivity index (χ3n) is 3.75. The highest BCUT2D eigenvalue weighted by molar-refractivity contribution is 6.69. The number of nitrogens with zero attached hydrogens (tertiary/aromatic N) is 2. The van der Waals surface area contributed by atoms with Crippen LogP contribution in [-0.4, -0.2) is 48.5 Å². The zero-order chi connectivity index (χ0) is 19.0. The summed E-state index contributed by atoms with van der Waals surface area (Å²) in [7, 11) is -2.71. The van der Waals surface area contributed by atoms with Crippen molar-refractivity contribution in [1.29, 1.82) is 0 Å². The normalized spacial score (nSPS) is 21.8. The molecule has 0 saturated carbocycles. The Morgan fingerprint density at radius 2 is 1.80 bits per heavy atom. The van der Waals surface area contributed by atoms with Crippen LogP contribution in [0.4, 0.5) is 18.0 Å². The summed E-state index contributed by atoms with van der Waals surface area (Å²) in [5, 5.41) is 0. The lowest BCUT2D eigenvalue weighted by Crippen LogP contribution is -2.63. The molecular formula is C16H21F3N2O3Si. The standard InChI is InChI=1S/C16H21F3N2O3Si/c1-12(22)20-11-15(16(17,18)19,24-25(2,3)4)21(14(20)23)10-13-8-6-5-7-9-13/h5-9H,10-11H2,1-4H3. The predicted octanol–water partition coefficient (Wildman–Crippen LogP) is 3.58. The second-order valence-corrected chi connectivity index (χ2v) is 11.4. The van der Waals surface area contributed by atoms with Crippen LogP contribution in [0, 0.1) is 0 Å². The number of carbonyl (C=O) groups excluding carboxylic acids is 2. The van der Waals surface area contributed by atoms with Crippen LogP contribution < -0.4 is 0 Å². The zero-order valence-corrected chi connectivity index (χ0v) is 15.6. The van der Waals surface area contributed by atoms with E-state index in [2.05, 4.69) is 0 Å². The second-order valence-electron chi connectivity index (χ2n) is 6.96. The van der Waals surface area contributed by atoms with Gasteiger partial charge in [-0.15, -0.1) is 0 Å². The van der Waals surface area contributed by atoms with Crippen molar-refractivity contribution >= 4 is 20.3 Å². The molecule has 0 N–H and O–H groups in total. The summed E-state index contributed by atoms with van der Waals surface area (Å²) in [6.45, 7) is 4.75. The topological polar surface area (TPSA) is 49.9 Å². The van der Waals surface area contributed by atoms with Crippen molar-refractivity contribution < 1.29 is 27.2 Å². The predicted molar refractivity (Wildman–Crippen MR) is 88.0 cm³/mol. The lowest BCUT2D eigenvalue weighted by atomic mass is 10.1. The van der Waals surface area contributed by atoms with Crippen LogP contribution in [-0.2, 0) is 15.8 Å². The van der Waals surface area contributed by atoms with E-state index in [1.165, 1.54) is 0 Å². The van der Waals surface area contributed by atoms with Gasteiger partial charge in [-0.05, 0) is 25.2 Å². The molecule has 1 unspecified atom stereocenters. The Balaban J connectivity index is 2.54. The molecule has 0 aromatic heterocycles. The minimum absolute atomic E-state index is 0.298. The summed E-state index contributed by atoms with van der Waals surface area (Å²) in [5.74, 6) is -0.742. The maximum atomic E-state index is 14.1. The number of imide groups is 1. The van der Waals surface area contributed by atoms with Gasteiger partial charge in [0.05, 0.1) is 13.1 Å². The van der Waals surface area contributed by atoms with E-state index in [0.717, 1.165) is 6.92 Å². The van der Waals surface area contributed by atoms with Crippen molar-refractivity contribution in [2.45, 2.75) is 45.0 Å². The Kier molecular flexibility index (Phi) is 5.02. The number of hydrogen-bond acceptors (Lipinski definition) is 3. The number of amides is 3. The molecule has 1 aromatic carbocycles. The van der Waals surface area contributed by atoms with E-state index in [0.29, 0.717) is 15.4 Å². The van der Waals surface area contributed by atoms with Crippen LogP contribution in [0.25, 0.3) is 0 Å². The van der Waals surface area contributed by atoms with Crippen LogP contribution in [0.5, 0.6) is 0 Å². The molecule has 0 radical (unpaired) electrons. The highest BCUT2D eigenvalue weighted by Gasteiger charge is 2.68. The summed E-state index contributed by atoms with van der Waals surface area (Å²) in [6.07, 6.45) is -4.85. The molecule has 5 nitrogen and oxygen atoms in total. The van der Waals surface area contributed by atoms with Gasteiger partial charge in [0.15, 0.2) is 8.32 Å². The van der Waals surface area contributed by atoms with E-state index in [1.807, 2.05) is 0 Å². The highest BCUT2D eigenvalue weighted by Crippen LogP contribution is 2.44. The number of benzene rings is 1. The van der Waals surface area contributed by atoms with Crippen molar-refractivity contribution in [1.82, 2.24) is 9.80 Å². The lowest BCUT2D eigenvalue weighted by molar-refractivity contribution is -0.287. The van der Waals surface area contributed by atoms with E-state index in [4.69, 9.17) is 4.43 Å². The van der Waals surface area contributed by atoms with Crippen molar-refractivity contribution in [3.05, 3.63) is 35.9 Å². The first kappa shape index (κ1) is 19.5. The van der Waals surface area contributed by atoms with Crippen LogP contribution in [0.15, 0.2) is 30.3 Å². The molecule has 138 valence electrons. The smallest absolute Gasteiger partial charge is 0.387 e. The SMILES string of the molecule is CC(=O)N1CC(O[Si](C)(C)C)(C(F)(F)F)N(Cc2ccccc2)C1=O. The number of halogens is 3. The number of carbonyl (C=O) groups is 2. The van der Waals surface area contributed by atoms with Crippen LogP contribution in [0.2, 0.25) is 19.6 Å². The molecule has 1 atom stereocenters. The first-order chi connectivity index (χ1) is 11.4. The molecule has 1 fully saturated rings. The van der Waals surface area contributed by atoms with Crippen molar-refractivity contribution in [3.63, 3.8) is 0 Å². The maximum absolute atomic E-state index is 14.1. The lowest BCUT2D eigenvalue weighted by Gasteiger charge is -2.42. The summed E-state index contributed by atoms with van der Waals surface area (Å²) in [4.78, 5) is 25.5. The molecule has 0 bridgehead atoms. The molecule has 1 aromatic rings. The van der Waals surface area contributed by atoms with Gasteiger partial charge in [-0.2, -0.15) is 13.2 Å². The molecule has 0 aliphatic carbocycles. The average Bonchev–Trinajstić information content (AvgIpc) is 2.73. The quantitative estimate of drug-likeness (QED) is 0.757. The number of alkyl halides is 3. The Morgan fingerprint density at radius 3 is 2.24 bits per heavy atom. The van der Waals surface area contributed by atoms with Crippen molar-refractivity contribution in [2.75, 3.05) is 6.54 Å². The first-order valence-corrected chi connectivity index (χ1v) is 11.2. The van der Waals surface area contributed by atoms with Gasteiger partial charge in [-0.1, -0.05) is 30.3 Å². The van der Waals surface area contributed by atoms with Crippen LogP contribution >= 0.6 is 0 Å². The summed E-state index contributed by atoms with van der Waals surface area (Å²) < 4.78 is 47.7. The van der Waals surface area contributed by atoms with Crippen LogP contribution in [0.3, 0.4) is 0 Å². The van der Waals surface area contributed by atoms with E-state index in [-0.39, 0.29) is 6.54 Å². The van der Waals surface area contributed by atoms with E-state index >= 15 is 0 Å². The fourth-order valence-electron chi connectivity index (χ4n) is 2.77. The minimum Gasteiger partial charge on any atom is -0.387 e. The molecule has 9 heteroatoms. The first-order valence-electron chi connectivity index (χ1n) is 7.78. The second kappa shape index (κ2) is 6.45. The monoisotopic (exact) mass is 374 g/mol. The number of rotatable bonds is 4. The molecule has 1 saturated heterocycles. The minimum atomic E-state index is -4.85. The fourth-order valence-corrected chi connectivity index (χ4v) is 4.07. The molecule has 2 rings (SSSR count). The molecule has 0 spiro atoms. The van der Waals surface area contributed by atoms with Crippen molar-refractivity contribution in [2.24, 2.45) is 0 Å². The van der Waals surface area contributed by atoms with Gasteiger partial charge in [-0.3, -0.25) is 14.6 Å². The van der Waals surface area contributed by atoms with Crippen LogP contribution in [0.1, 0.15) is 12.5 Å². The summed E-state index contributed by atoms with van der Waals surface area (Å²) in [5.41, 5.74) is -2.31. The Labute approximate surface area is 145 Å². The molecule has 3 amide bonds. The van der Waals surface area contributed by atoms with Crippen molar-refractivity contribution in [3.8, 4) is 0 Å². The molecule has 1 aliphatic heterocycles. The highest BCUT2D eigenvalue weighted by atomic mass is 28.4. The zero-order valence-electron chi connectivity index (χ0n) is 14.6. The Bertz CT molecular complexity index is 661. The van der Waals surface area contributed by atoms with Gasteiger partial charge in [-0.25, -0.2) is 4.79 Å². The van der Waals surface area contributed by atoms with Gasteiger partial charge in [0.25, 0.3) is 5.72 Å². The van der Waals surface area contributed by atoms with Gasteiger partial charge < -0.3 is 4.43 Å². The fraction of sp³-hybridized carbons (Fsp3) is 0.500. The molecular weight excluding hydrogens is 353 g/mol. The van der Waals surface area contributed by atoms with Gasteiger partial charge in [0.2, 0.25) is 5.91 Å². The maximum Gasteiger partial charge on any atom is 0.437 e. The Hall–Kier alpha value is -1.87. The largest absolute Gasteiger partial charge is 0.437 e. The summed E-state index contributed by atoms with van der Waals surface area (Å²) in [6, 6.07) is 7.33. The molecule has 1 heterocycles. The van der Waals surface area contributed by atoms with E-state index < -0.39 is 38.7 Å². The Morgan fingerprint density at radius 1 is 1.24 bits per heavy atom. The summed E-state index contributed by atoms with van der Waals surface area (Å²) >= 11 is 0. The van der Waals surface area contributed by atoms with Gasteiger partial charge >= 0.3 is 12.2 Å².